The number of primary amides is 1. The van der Waals surface area contributed by atoms with Crippen molar-refractivity contribution in [2.24, 2.45) is 5.73 Å². The number of nitrogens with zero attached hydrogens (tertiary/aromatic N) is 1. The zero-order valence-electron chi connectivity index (χ0n) is 6.83. The van der Waals surface area contributed by atoms with Gasteiger partial charge < -0.3 is 17.0 Å². The number of aromatic nitrogens is 1. The Labute approximate surface area is 82.0 Å². The van der Waals surface area contributed by atoms with Crippen LogP contribution < -0.4 is 27.3 Å². The summed E-state index contributed by atoms with van der Waals surface area (Å²) in [6.45, 7) is 1.98. The molecule has 1 aromatic rings. The van der Waals surface area contributed by atoms with Gasteiger partial charge in [-0.3, -0.25) is 5.73 Å². The Bertz CT molecular complexity index is 276. The van der Waals surface area contributed by atoms with Gasteiger partial charge in [0.05, 0.1) is 6.20 Å². The van der Waals surface area contributed by atoms with Gasteiger partial charge in [-0.05, 0) is 12.1 Å². The van der Waals surface area contributed by atoms with Crippen LogP contribution in [0.15, 0.2) is 24.4 Å². The highest BCUT2D eigenvalue weighted by atomic mass is 79.9. The second-order valence-corrected chi connectivity index (χ2v) is 2.25. The maximum absolute atomic E-state index is 10.8. The Morgan fingerprint density at radius 3 is 2.67 bits per heavy atom. The largest absolute Gasteiger partial charge is 1.00 e. The molecule has 3 nitrogen and oxygen atoms in total. The molecule has 1 heterocycles. The maximum Gasteiger partial charge on any atom is 0.493 e. The fourth-order valence-corrected chi connectivity index (χ4v) is 0.982. The Kier molecular flexibility index (Phi) is 4.51. The first-order valence-corrected chi connectivity index (χ1v) is 3.55. The molecule has 0 radical (unpaired) electrons. The minimum atomic E-state index is -0.428. The fraction of sp³-hybridized carbons (Fsp3) is 0.250. The first kappa shape index (κ1) is 11.1. The van der Waals surface area contributed by atoms with Crippen LogP contribution in [0.1, 0.15) is 12.6 Å². The van der Waals surface area contributed by atoms with Crippen LogP contribution in [0.4, 0.5) is 4.79 Å². The molecule has 0 spiro atoms. The predicted octanol–water partition coefficient (Wildman–Crippen LogP) is -2.53. The van der Waals surface area contributed by atoms with Gasteiger partial charge in [-0.15, -0.1) is 0 Å². The van der Waals surface area contributed by atoms with E-state index in [1.807, 2.05) is 19.1 Å². The van der Waals surface area contributed by atoms with Crippen molar-refractivity contribution in [3.8, 4) is 0 Å². The second-order valence-electron chi connectivity index (χ2n) is 2.25. The summed E-state index contributed by atoms with van der Waals surface area (Å²) in [4.78, 5) is 10.8. The lowest BCUT2D eigenvalue weighted by molar-refractivity contribution is -0.578. The number of carbonyl (C=O) groups is 1. The Balaban J connectivity index is 0.00000121. The van der Waals surface area contributed by atoms with E-state index < -0.39 is 6.03 Å². The summed E-state index contributed by atoms with van der Waals surface area (Å²) in [6, 6.07) is 5.12. The van der Waals surface area contributed by atoms with Gasteiger partial charge in [-0.25, -0.2) is 0 Å². The monoisotopic (exact) mass is 230 g/mol. The zero-order valence-corrected chi connectivity index (χ0v) is 8.41. The van der Waals surface area contributed by atoms with E-state index in [0.717, 1.165) is 12.1 Å². The van der Waals surface area contributed by atoms with Crippen molar-refractivity contribution in [2.45, 2.75) is 13.3 Å². The number of halogens is 1. The van der Waals surface area contributed by atoms with Crippen molar-refractivity contribution in [3.05, 3.63) is 30.1 Å². The van der Waals surface area contributed by atoms with Gasteiger partial charge in [0.15, 0.2) is 0 Å². The first-order valence-electron chi connectivity index (χ1n) is 3.55. The highest BCUT2D eigenvalue weighted by molar-refractivity contribution is 5.61. The topological polar surface area (TPSA) is 47.0 Å². The van der Waals surface area contributed by atoms with Crippen molar-refractivity contribution in [1.82, 2.24) is 0 Å². The predicted molar refractivity (Wildman–Crippen MR) is 41.0 cm³/mol. The van der Waals surface area contributed by atoms with Crippen LogP contribution in [-0.4, -0.2) is 6.03 Å². The highest BCUT2D eigenvalue weighted by Crippen LogP contribution is 1.90. The van der Waals surface area contributed by atoms with Crippen LogP contribution >= 0.6 is 0 Å². The molecule has 0 saturated carbocycles. The standard InChI is InChI=1S/C8H10N2O.BrH/c1-2-7-5-3-4-6-10(7)8(9)11;/h3-6H,2H2,1H3,(H-,9,11);1H. The highest BCUT2D eigenvalue weighted by Gasteiger charge is 2.08. The minimum absolute atomic E-state index is 0. The molecule has 0 fully saturated rings. The van der Waals surface area contributed by atoms with Crippen molar-refractivity contribution < 1.29 is 26.3 Å². The summed E-state index contributed by atoms with van der Waals surface area (Å²) in [7, 11) is 0. The number of rotatable bonds is 1. The smallest absolute Gasteiger partial charge is 0.493 e. The van der Waals surface area contributed by atoms with E-state index >= 15 is 0 Å². The van der Waals surface area contributed by atoms with E-state index in [-0.39, 0.29) is 17.0 Å². The van der Waals surface area contributed by atoms with Crippen molar-refractivity contribution >= 4 is 6.03 Å². The van der Waals surface area contributed by atoms with Gasteiger partial charge in [0, 0.05) is 6.42 Å². The fourth-order valence-electron chi connectivity index (χ4n) is 0.982. The molecule has 0 aliphatic carbocycles. The number of hydrogen-bond donors (Lipinski definition) is 1. The summed E-state index contributed by atoms with van der Waals surface area (Å²) in [6.07, 6.45) is 2.48. The van der Waals surface area contributed by atoms with Crippen molar-refractivity contribution in [2.75, 3.05) is 0 Å². The number of hydrogen-bond acceptors (Lipinski definition) is 1. The summed E-state index contributed by atoms with van der Waals surface area (Å²) in [5.41, 5.74) is 6.04. The quantitative estimate of drug-likeness (QED) is 0.532. The van der Waals surface area contributed by atoms with E-state index in [1.165, 1.54) is 4.57 Å². The third-order valence-corrected chi connectivity index (χ3v) is 1.54. The molecular formula is C8H11BrN2O. The van der Waals surface area contributed by atoms with Gasteiger partial charge in [-0.1, -0.05) is 13.0 Å². The molecule has 0 saturated heterocycles. The van der Waals surface area contributed by atoms with Crippen LogP contribution in [0.2, 0.25) is 0 Å². The van der Waals surface area contributed by atoms with E-state index in [0.29, 0.717) is 0 Å². The van der Waals surface area contributed by atoms with Gasteiger partial charge in [-0.2, -0.15) is 9.36 Å². The average molecular weight is 231 g/mol. The van der Waals surface area contributed by atoms with Gasteiger partial charge in [0.25, 0.3) is 0 Å². The van der Waals surface area contributed by atoms with Gasteiger partial charge in [0.1, 0.15) is 5.69 Å². The molecule has 0 aliphatic heterocycles. The molecule has 2 N–H and O–H groups in total. The zero-order chi connectivity index (χ0) is 8.27. The summed E-state index contributed by atoms with van der Waals surface area (Å²) in [5, 5.41) is 0. The van der Waals surface area contributed by atoms with E-state index in [2.05, 4.69) is 0 Å². The number of carbonyl (C=O) groups excluding carboxylic acids is 1. The molecule has 4 heteroatoms. The number of pyridine rings is 1. The van der Waals surface area contributed by atoms with Crippen molar-refractivity contribution in [3.63, 3.8) is 0 Å². The third kappa shape index (κ3) is 2.30. The molecule has 0 aromatic carbocycles. The molecule has 1 aromatic heterocycles. The van der Waals surface area contributed by atoms with Crippen LogP contribution in [0.5, 0.6) is 0 Å². The lowest BCUT2D eigenvalue weighted by Crippen LogP contribution is -3.00. The SMILES string of the molecule is CCc1cccc[n+]1C(N)=O.[Br-]. The number of amides is 1. The summed E-state index contributed by atoms with van der Waals surface area (Å²) < 4.78 is 1.44. The summed E-state index contributed by atoms with van der Waals surface area (Å²) in [5.74, 6) is 0. The third-order valence-electron chi connectivity index (χ3n) is 1.54. The molecular weight excluding hydrogens is 220 g/mol. The number of aryl methyl sites for hydroxylation is 1. The normalized spacial score (nSPS) is 8.75. The Morgan fingerprint density at radius 2 is 2.25 bits per heavy atom. The Hall–Kier alpha value is -0.900. The van der Waals surface area contributed by atoms with Gasteiger partial charge >= 0.3 is 6.03 Å². The van der Waals surface area contributed by atoms with Crippen LogP contribution in [0, 0.1) is 0 Å². The van der Waals surface area contributed by atoms with Crippen molar-refractivity contribution in [1.29, 1.82) is 0 Å². The molecule has 66 valence electrons. The average Bonchev–Trinajstić information content (AvgIpc) is 2.04. The van der Waals surface area contributed by atoms with E-state index in [9.17, 15) is 4.79 Å². The maximum atomic E-state index is 10.8. The Morgan fingerprint density at radius 1 is 1.58 bits per heavy atom. The molecule has 0 aliphatic rings. The van der Waals surface area contributed by atoms with Crippen LogP contribution in [0.25, 0.3) is 0 Å². The van der Waals surface area contributed by atoms with E-state index in [1.54, 1.807) is 12.3 Å². The summed E-state index contributed by atoms with van der Waals surface area (Å²) >= 11 is 0. The van der Waals surface area contributed by atoms with Crippen LogP contribution in [0.3, 0.4) is 0 Å². The molecule has 0 unspecified atom stereocenters. The molecule has 12 heavy (non-hydrogen) atoms. The van der Waals surface area contributed by atoms with Gasteiger partial charge in [0.2, 0.25) is 0 Å². The second kappa shape index (κ2) is 4.87. The molecule has 1 amide bonds. The lowest BCUT2D eigenvalue weighted by Gasteiger charge is -1.97. The lowest BCUT2D eigenvalue weighted by atomic mass is 10.3. The van der Waals surface area contributed by atoms with Crippen LogP contribution in [-0.2, 0) is 6.42 Å². The molecule has 0 atom stereocenters. The molecule has 0 bridgehead atoms. The van der Waals surface area contributed by atoms with E-state index in [4.69, 9.17) is 5.73 Å². The first-order chi connectivity index (χ1) is 5.25. The number of nitrogens with two attached hydrogens (primary N) is 1. The molecule has 1 rings (SSSR count). The minimum Gasteiger partial charge on any atom is -1.00 e.